The maximum absolute atomic E-state index is 13.4. The molecule has 1 aromatic carbocycles. The van der Waals surface area contributed by atoms with Crippen LogP contribution in [0.1, 0.15) is 52.7 Å². The normalized spacial score (nSPS) is 12.6. The van der Waals surface area contributed by atoms with E-state index < -0.39 is 28.8 Å². The molecule has 0 saturated carbocycles. The van der Waals surface area contributed by atoms with E-state index in [2.05, 4.69) is 20.6 Å². The number of rotatable bonds is 7. The van der Waals surface area contributed by atoms with Crippen molar-refractivity contribution in [2.24, 2.45) is 5.41 Å². The average Bonchev–Trinajstić information content (AvgIpc) is 2.81. The number of hydrogen-bond donors (Lipinski definition) is 2. The summed E-state index contributed by atoms with van der Waals surface area (Å²) in [6.45, 7) is 13.3. The fourth-order valence-corrected chi connectivity index (χ4v) is 3.88. The fraction of sp³-hybridized carbons (Fsp3) is 0.464. The van der Waals surface area contributed by atoms with Crippen molar-refractivity contribution in [2.45, 2.75) is 66.5 Å². The number of amides is 2. The van der Waals surface area contributed by atoms with Gasteiger partial charge in [-0.2, -0.15) is 4.98 Å². The van der Waals surface area contributed by atoms with Gasteiger partial charge in [0.05, 0.1) is 10.9 Å². The van der Waals surface area contributed by atoms with Crippen LogP contribution in [0.15, 0.2) is 45.9 Å². The minimum absolute atomic E-state index is 0.0504. The number of anilines is 2. The van der Waals surface area contributed by atoms with Crippen molar-refractivity contribution in [1.82, 2.24) is 14.9 Å². The molecule has 3 rings (SSSR count). The number of nitrogens with zero attached hydrogens (tertiary/aromatic N) is 3. The molecule has 2 aromatic heterocycles. The van der Waals surface area contributed by atoms with Gasteiger partial charge in [-0.15, -0.1) is 0 Å². The number of ether oxygens (including phenoxy) is 1. The zero-order valence-corrected chi connectivity index (χ0v) is 23.3. The number of pyridine rings is 1. The van der Waals surface area contributed by atoms with Gasteiger partial charge in [-0.1, -0.05) is 20.8 Å². The van der Waals surface area contributed by atoms with Crippen molar-refractivity contribution in [2.75, 3.05) is 24.2 Å². The number of fused-ring (bicyclic) bond motifs is 1. The molecule has 10 nitrogen and oxygen atoms in total. The molecule has 0 saturated heterocycles. The molecular formula is C28H37N5O5. The van der Waals surface area contributed by atoms with Crippen molar-refractivity contribution >= 4 is 34.6 Å². The Bertz CT molecular complexity index is 1360. The van der Waals surface area contributed by atoms with Gasteiger partial charge < -0.3 is 19.4 Å². The Morgan fingerprint density at radius 2 is 1.74 bits per heavy atom. The number of carbonyl (C=O) groups is 2. The van der Waals surface area contributed by atoms with E-state index >= 15 is 0 Å². The Balaban J connectivity index is 1.83. The first kappa shape index (κ1) is 28.6. The molecule has 0 radical (unpaired) electrons. The maximum Gasteiger partial charge on any atom is 0.412 e. The second-order valence-electron chi connectivity index (χ2n) is 11.4. The van der Waals surface area contributed by atoms with Gasteiger partial charge in [0.25, 0.3) is 6.01 Å². The summed E-state index contributed by atoms with van der Waals surface area (Å²) in [5.41, 5.74) is 0.577. The molecule has 2 heterocycles. The Morgan fingerprint density at radius 1 is 1.08 bits per heavy atom. The quantitative estimate of drug-likeness (QED) is 0.454. The number of benzene rings is 1. The van der Waals surface area contributed by atoms with Crippen LogP contribution < -0.4 is 16.3 Å². The minimum atomic E-state index is -0.702. The minimum Gasteiger partial charge on any atom is -0.444 e. The molecule has 0 bridgehead atoms. The highest BCUT2D eigenvalue weighted by molar-refractivity contribution is 5.93. The van der Waals surface area contributed by atoms with E-state index in [4.69, 9.17) is 9.15 Å². The monoisotopic (exact) mass is 523 g/mol. The smallest absolute Gasteiger partial charge is 0.412 e. The van der Waals surface area contributed by atoms with Crippen LogP contribution in [-0.2, 0) is 16.0 Å². The summed E-state index contributed by atoms with van der Waals surface area (Å²) in [6, 6.07) is 6.35. The third-order valence-electron chi connectivity index (χ3n) is 5.94. The molecule has 38 heavy (non-hydrogen) atoms. The molecule has 1 atom stereocenters. The van der Waals surface area contributed by atoms with Gasteiger partial charge in [0, 0.05) is 31.7 Å². The fourth-order valence-electron chi connectivity index (χ4n) is 3.88. The van der Waals surface area contributed by atoms with Crippen LogP contribution in [0.25, 0.3) is 10.9 Å². The highest BCUT2D eigenvalue weighted by Gasteiger charge is 2.34. The number of aryl methyl sites for hydroxylation is 1. The number of nitrogens with one attached hydrogen (secondary N) is 2. The van der Waals surface area contributed by atoms with Gasteiger partial charge in [-0.25, -0.2) is 9.59 Å². The Kier molecular flexibility index (Phi) is 8.44. The average molecular weight is 524 g/mol. The van der Waals surface area contributed by atoms with Crippen LogP contribution in [0.2, 0.25) is 0 Å². The van der Waals surface area contributed by atoms with E-state index in [0.29, 0.717) is 29.7 Å². The summed E-state index contributed by atoms with van der Waals surface area (Å²) < 4.78 is 10.8. The first-order valence-corrected chi connectivity index (χ1v) is 12.5. The third-order valence-corrected chi connectivity index (χ3v) is 5.94. The van der Waals surface area contributed by atoms with Gasteiger partial charge in [-0.3, -0.25) is 15.1 Å². The van der Waals surface area contributed by atoms with Crippen LogP contribution in [0.3, 0.4) is 0 Å². The lowest BCUT2D eigenvalue weighted by Crippen LogP contribution is -2.49. The zero-order chi connectivity index (χ0) is 28.3. The molecule has 10 heteroatoms. The Labute approximate surface area is 222 Å². The van der Waals surface area contributed by atoms with E-state index in [1.165, 1.54) is 0 Å². The van der Waals surface area contributed by atoms with Crippen LogP contribution in [0.4, 0.5) is 16.5 Å². The highest BCUT2D eigenvalue weighted by Crippen LogP contribution is 2.27. The molecular weight excluding hydrogens is 486 g/mol. The summed E-state index contributed by atoms with van der Waals surface area (Å²) >= 11 is 0. The number of aromatic nitrogens is 2. The highest BCUT2D eigenvalue weighted by atomic mass is 16.6. The van der Waals surface area contributed by atoms with E-state index in [1.807, 2.05) is 32.9 Å². The summed E-state index contributed by atoms with van der Waals surface area (Å²) in [4.78, 5) is 48.8. The van der Waals surface area contributed by atoms with Crippen LogP contribution in [0, 0.1) is 12.3 Å². The van der Waals surface area contributed by atoms with Crippen LogP contribution >= 0.6 is 0 Å². The first-order valence-electron chi connectivity index (χ1n) is 12.5. The van der Waals surface area contributed by atoms with E-state index in [0.717, 1.165) is 5.56 Å². The van der Waals surface area contributed by atoms with E-state index in [-0.39, 0.29) is 17.3 Å². The Hall–Kier alpha value is -3.95. The van der Waals surface area contributed by atoms with E-state index in [9.17, 15) is 14.4 Å². The summed E-state index contributed by atoms with van der Waals surface area (Å²) in [7, 11) is 1.75. The molecule has 0 fully saturated rings. The largest absolute Gasteiger partial charge is 0.444 e. The molecule has 1 unspecified atom stereocenters. The predicted octanol–water partition coefficient (Wildman–Crippen LogP) is 4.77. The lowest BCUT2D eigenvalue weighted by Gasteiger charge is -2.33. The van der Waals surface area contributed by atoms with Crippen molar-refractivity contribution in [1.29, 1.82) is 0 Å². The molecule has 3 aromatic rings. The number of carbonyl (C=O) groups excluding carboxylic acids is 2. The molecule has 2 N–H and O–H groups in total. The second kappa shape index (κ2) is 11.2. The topological polar surface area (TPSA) is 127 Å². The van der Waals surface area contributed by atoms with Crippen molar-refractivity contribution in [3.63, 3.8) is 0 Å². The third kappa shape index (κ3) is 7.30. The molecule has 0 aliphatic carbocycles. The lowest BCUT2D eigenvalue weighted by molar-refractivity contribution is -0.132. The number of likely N-dealkylation sites (N-methyl/N-ethyl adjacent to an activating group) is 1. The SMILES string of the molecule is Cc1c(NC(=O)OC(C)(C)C)ccc2nc(NC(C(=O)N(C)CCc3ccncc3)C(C)(C)C)oc(=O)c12. The van der Waals surface area contributed by atoms with E-state index in [1.54, 1.807) is 64.2 Å². The molecule has 0 spiro atoms. The van der Waals surface area contributed by atoms with Crippen molar-refractivity contribution < 1.29 is 18.7 Å². The van der Waals surface area contributed by atoms with Gasteiger partial charge >= 0.3 is 11.7 Å². The Morgan fingerprint density at radius 3 is 2.34 bits per heavy atom. The summed E-state index contributed by atoms with van der Waals surface area (Å²) in [5, 5.41) is 5.95. The zero-order valence-electron chi connectivity index (χ0n) is 23.3. The molecule has 0 aliphatic heterocycles. The van der Waals surface area contributed by atoms with Crippen molar-refractivity contribution in [3.05, 3.63) is 58.2 Å². The molecule has 2 amide bonds. The summed E-state index contributed by atoms with van der Waals surface area (Å²) in [6.07, 6.45) is 3.50. The van der Waals surface area contributed by atoms with Crippen LogP contribution in [-0.4, -0.2) is 52.1 Å². The second-order valence-corrected chi connectivity index (χ2v) is 11.4. The first-order chi connectivity index (χ1) is 17.7. The van der Waals surface area contributed by atoms with Gasteiger partial charge in [-0.05, 0) is 74.9 Å². The lowest BCUT2D eigenvalue weighted by atomic mass is 9.86. The van der Waals surface area contributed by atoms with Gasteiger partial charge in [0.2, 0.25) is 5.91 Å². The standard InChI is InChI=1S/C28H37N5O5/c1-17-19(31-26(36)38-28(5,6)7)9-10-20-21(17)24(35)37-25(30-20)32-22(27(2,3)4)23(34)33(8)16-13-18-11-14-29-15-12-18/h9-12,14-15,22H,13,16H2,1-8H3,(H,30,32)(H,31,36). The van der Waals surface area contributed by atoms with Gasteiger partial charge in [0.1, 0.15) is 11.6 Å². The molecule has 0 aliphatic rings. The molecule has 204 valence electrons. The maximum atomic E-state index is 13.4. The van der Waals surface area contributed by atoms with Crippen LogP contribution in [0.5, 0.6) is 0 Å². The predicted molar refractivity (Wildman–Crippen MR) is 147 cm³/mol. The van der Waals surface area contributed by atoms with Gasteiger partial charge in [0.15, 0.2) is 0 Å². The van der Waals surface area contributed by atoms with Crippen molar-refractivity contribution in [3.8, 4) is 0 Å². The summed E-state index contributed by atoms with van der Waals surface area (Å²) in [5.74, 6) is -0.149. The number of hydrogen-bond acceptors (Lipinski definition) is 8.